The van der Waals surface area contributed by atoms with Gasteiger partial charge in [0.05, 0.1) is 24.0 Å². The van der Waals surface area contributed by atoms with E-state index >= 15 is 0 Å². The van der Waals surface area contributed by atoms with Gasteiger partial charge in [-0.3, -0.25) is 9.78 Å². The molecule has 3 atom stereocenters. The van der Waals surface area contributed by atoms with Gasteiger partial charge in [0.25, 0.3) is 0 Å². The zero-order chi connectivity index (χ0) is 17.8. The van der Waals surface area contributed by atoms with Crippen molar-refractivity contribution in [2.75, 3.05) is 13.7 Å². The van der Waals surface area contributed by atoms with Gasteiger partial charge in [-0.15, -0.1) is 0 Å². The van der Waals surface area contributed by atoms with Gasteiger partial charge in [-0.2, -0.15) is 5.10 Å². The molecule has 1 aliphatic rings. The van der Waals surface area contributed by atoms with Crippen LogP contribution in [0, 0.1) is 6.92 Å². The number of aliphatic hydroxyl groups excluding tert-OH is 1. The zero-order valence-corrected chi connectivity index (χ0v) is 14.4. The highest BCUT2D eigenvalue weighted by Gasteiger charge is 2.33. The molecule has 1 amide bonds. The quantitative estimate of drug-likeness (QED) is 0.828. The van der Waals surface area contributed by atoms with Crippen LogP contribution in [-0.2, 0) is 9.53 Å². The molecule has 2 aromatic rings. The summed E-state index contributed by atoms with van der Waals surface area (Å²) in [6.45, 7) is 1.84. The summed E-state index contributed by atoms with van der Waals surface area (Å²) in [6, 6.07) is 3.47. The molecule has 1 saturated carbocycles. The van der Waals surface area contributed by atoms with Crippen molar-refractivity contribution >= 4 is 5.91 Å². The van der Waals surface area contributed by atoms with Gasteiger partial charge in [-0.1, -0.05) is 0 Å². The van der Waals surface area contributed by atoms with Crippen molar-refractivity contribution in [3.8, 4) is 5.69 Å². The van der Waals surface area contributed by atoms with E-state index in [9.17, 15) is 9.90 Å². The van der Waals surface area contributed by atoms with Crippen LogP contribution in [0.25, 0.3) is 5.69 Å². The van der Waals surface area contributed by atoms with Crippen LogP contribution in [0.1, 0.15) is 36.8 Å². The summed E-state index contributed by atoms with van der Waals surface area (Å²) in [4.78, 5) is 20.5. The van der Waals surface area contributed by atoms with E-state index in [1.54, 1.807) is 17.1 Å². The van der Waals surface area contributed by atoms with Crippen molar-refractivity contribution in [2.24, 2.45) is 0 Å². The van der Waals surface area contributed by atoms with Crippen molar-refractivity contribution in [1.82, 2.24) is 25.1 Å². The van der Waals surface area contributed by atoms with Crippen LogP contribution in [0.2, 0.25) is 0 Å². The molecule has 3 rings (SSSR count). The Labute approximate surface area is 146 Å². The third-order valence-corrected chi connectivity index (χ3v) is 4.43. The van der Waals surface area contributed by atoms with Crippen LogP contribution < -0.4 is 5.32 Å². The van der Waals surface area contributed by atoms with Crippen molar-refractivity contribution in [3.63, 3.8) is 0 Å². The molecule has 2 N–H and O–H groups in total. The molecule has 0 spiro atoms. The minimum Gasteiger partial charge on any atom is -0.391 e. The molecule has 2 aromatic heterocycles. The van der Waals surface area contributed by atoms with E-state index in [1.807, 2.05) is 19.1 Å². The van der Waals surface area contributed by atoms with Crippen molar-refractivity contribution in [1.29, 1.82) is 0 Å². The maximum atomic E-state index is 11.8. The Morgan fingerprint density at radius 3 is 3.04 bits per heavy atom. The lowest BCUT2D eigenvalue weighted by atomic mass is 9.83. The molecule has 0 aromatic carbocycles. The van der Waals surface area contributed by atoms with Gasteiger partial charge in [-0.25, -0.2) is 9.67 Å². The number of aryl methyl sites for hydroxylation is 1. The van der Waals surface area contributed by atoms with Gasteiger partial charge in [0.1, 0.15) is 18.3 Å². The van der Waals surface area contributed by atoms with E-state index < -0.39 is 6.10 Å². The Morgan fingerprint density at radius 1 is 1.48 bits per heavy atom. The number of nitrogens with zero attached hydrogens (tertiary/aromatic N) is 4. The van der Waals surface area contributed by atoms with Crippen molar-refractivity contribution < 1.29 is 14.6 Å². The van der Waals surface area contributed by atoms with E-state index in [0.29, 0.717) is 18.7 Å². The topological polar surface area (TPSA) is 102 Å². The summed E-state index contributed by atoms with van der Waals surface area (Å²) in [6.07, 6.45) is 4.89. The standard InChI is InChI=1S/C17H23N5O3/c1-11-19-17(22(21-11)13-4-3-7-18-9-13)12-5-6-15(23)14(8-12)20-16(24)10-25-2/h3-4,7,9,12,14-15,23H,5-6,8,10H2,1-2H3,(H,20,24)/t12-,14+,15+/m0/s1. The summed E-state index contributed by atoms with van der Waals surface area (Å²) < 4.78 is 6.65. The van der Waals surface area contributed by atoms with Crippen LogP contribution in [0.15, 0.2) is 24.5 Å². The van der Waals surface area contributed by atoms with Crippen LogP contribution in [-0.4, -0.2) is 56.6 Å². The normalized spacial score (nSPS) is 23.4. The number of aromatic nitrogens is 4. The number of carbonyl (C=O) groups excluding carboxylic acids is 1. The average Bonchev–Trinajstić information content (AvgIpc) is 3.00. The molecule has 0 bridgehead atoms. The Morgan fingerprint density at radius 2 is 2.32 bits per heavy atom. The minimum absolute atomic E-state index is 0.0150. The fraction of sp³-hybridized carbons (Fsp3) is 0.529. The molecule has 2 heterocycles. The highest BCUT2D eigenvalue weighted by Crippen LogP contribution is 2.33. The van der Waals surface area contributed by atoms with Crippen LogP contribution in [0.4, 0.5) is 0 Å². The summed E-state index contributed by atoms with van der Waals surface area (Å²) in [5, 5.41) is 17.6. The molecule has 8 nitrogen and oxygen atoms in total. The number of hydrogen-bond donors (Lipinski definition) is 2. The molecule has 1 aliphatic carbocycles. The second-order valence-corrected chi connectivity index (χ2v) is 6.32. The molecule has 8 heteroatoms. The van der Waals surface area contributed by atoms with Gasteiger partial charge in [0.2, 0.25) is 5.91 Å². The van der Waals surface area contributed by atoms with E-state index in [4.69, 9.17) is 4.74 Å². The number of rotatable bonds is 5. The van der Waals surface area contributed by atoms with E-state index in [2.05, 4.69) is 20.4 Å². The average molecular weight is 345 g/mol. The molecule has 25 heavy (non-hydrogen) atoms. The molecule has 0 saturated heterocycles. The summed E-state index contributed by atoms with van der Waals surface area (Å²) in [5.74, 6) is 1.39. The smallest absolute Gasteiger partial charge is 0.246 e. The molecule has 0 unspecified atom stereocenters. The van der Waals surface area contributed by atoms with Gasteiger partial charge >= 0.3 is 0 Å². The maximum Gasteiger partial charge on any atom is 0.246 e. The Kier molecular flexibility index (Phi) is 5.40. The molecule has 134 valence electrons. The monoisotopic (exact) mass is 345 g/mol. The minimum atomic E-state index is -0.562. The van der Waals surface area contributed by atoms with Crippen molar-refractivity contribution in [2.45, 2.75) is 44.2 Å². The molecular weight excluding hydrogens is 322 g/mol. The maximum absolute atomic E-state index is 11.8. The first-order chi connectivity index (χ1) is 12.1. The lowest BCUT2D eigenvalue weighted by Crippen LogP contribution is -2.47. The summed E-state index contributed by atoms with van der Waals surface area (Å²) in [5.41, 5.74) is 0.851. The van der Waals surface area contributed by atoms with E-state index in [0.717, 1.165) is 17.9 Å². The number of carbonyl (C=O) groups is 1. The molecule has 0 radical (unpaired) electrons. The molecular formula is C17H23N5O3. The fourth-order valence-corrected chi connectivity index (χ4v) is 3.29. The number of pyridine rings is 1. The predicted molar refractivity (Wildman–Crippen MR) is 90.3 cm³/mol. The van der Waals surface area contributed by atoms with Gasteiger partial charge < -0.3 is 15.2 Å². The Bertz CT molecular complexity index is 718. The second-order valence-electron chi connectivity index (χ2n) is 6.32. The van der Waals surface area contributed by atoms with Crippen molar-refractivity contribution in [3.05, 3.63) is 36.2 Å². The SMILES string of the molecule is COCC(=O)N[C@@H]1C[C@@H](c2nc(C)nn2-c2cccnc2)CC[C@H]1O. The van der Waals surface area contributed by atoms with Gasteiger partial charge in [-0.05, 0) is 38.3 Å². The highest BCUT2D eigenvalue weighted by molar-refractivity contribution is 5.77. The molecule has 1 fully saturated rings. The number of amides is 1. The summed E-state index contributed by atoms with van der Waals surface area (Å²) in [7, 11) is 1.47. The number of hydrogen-bond acceptors (Lipinski definition) is 6. The Hall–Kier alpha value is -2.32. The Balaban J connectivity index is 1.81. The first-order valence-electron chi connectivity index (χ1n) is 8.38. The number of ether oxygens (including phenoxy) is 1. The fourth-order valence-electron chi connectivity index (χ4n) is 3.29. The van der Waals surface area contributed by atoms with Gasteiger partial charge in [0.15, 0.2) is 0 Å². The van der Waals surface area contributed by atoms with Crippen LogP contribution in [0.3, 0.4) is 0 Å². The van der Waals surface area contributed by atoms with Gasteiger partial charge in [0, 0.05) is 19.2 Å². The highest BCUT2D eigenvalue weighted by atomic mass is 16.5. The first kappa shape index (κ1) is 17.5. The number of aliphatic hydroxyl groups is 1. The lowest BCUT2D eigenvalue weighted by Gasteiger charge is -2.33. The lowest BCUT2D eigenvalue weighted by molar-refractivity contribution is -0.126. The summed E-state index contributed by atoms with van der Waals surface area (Å²) >= 11 is 0. The number of nitrogens with one attached hydrogen (secondary N) is 1. The van der Waals surface area contributed by atoms with Crippen LogP contribution in [0.5, 0.6) is 0 Å². The van der Waals surface area contributed by atoms with E-state index in [-0.39, 0.29) is 24.5 Å². The number of methoxy groups -OCH3 is 1. The third-order valence-electron chi connectivity index (χ3n) is 4.43. The third kappa shape index (κ3) is 4.02. The largest absolute Gasteiger partial charge is 0.391 e. The molecule has 0 aliphatic heterocycles. The predicted octanol–water partition coefficient (Wildman–Crippen LogP) is 0.730. The first-order valence-corrected chi connectivity index (χ1v) is 8.38. The van der Waals surface area contributed by atoms with Crippen LogP contribution >= 0.6 is 0 Å². The van der Waals surface area contributed by atoms with E-state index in [1.165, 1.54) is 7.11 Å². The zero-order valence-electron chi connectivity index (χ0n) is 14.4. The second kappa shape index (κ2) is 7.71.